The number of benzene rings is 11. The lowest BCUT2D eigenvalue weighted by Gasteiger charge is -2.21. The molecular weight excluding hydrogens is 956 g/mol. The largest absolute Gasteiger partial charge is 0.417 e. The molecule has 0 aliphatic heterocycles. The highest BCUT2D eigenvalue weighted by Gasteiger charge is 2.35. The van der Waals surface area contributed by atoms with E-state index < -0.39 is 11.7 Å². The van der Waals surface area contributed by atoms with Gasteiger partial charge < -0.3 is 18.3 Å². The van der Waals surface area contributed by atoms with Gasteiger partial charge in [-0.2, -0.15) is 18.4 Å². The molecule has 8 heteroatoms. The van der Waals surface area contributed by atoms with Crippen LogP contribution in [0.25, 0.3) is 132 Å². The molecule has 0 aliphatic carbocycles. The molecule has 4 heterocycles. The van der Waals surface area contributed by atoms with Crippen LogP contribution in [0.4, 0.5) is 13.2 Å². The van der Waals surface area contributed by atoms with E-state index in [1.165, 1.54) is 27.6 Å². The molecule has 11 aromatic carbocycles. The molecule has 0 spiro atoms. The van der Waals surface area contributed by atoms with Crippen molar-refractivity contribution in [3.8, 4) is 51.1 Å². The summed E-state index contributed by atoms with van der Waals surface area (Å²) >= 11 is 0. The average Bonchev–Trinajstić information content (AvgIpc) is 4.30. The van der Waals surface area contributed by atoms with Crippen molar-refractivity contribution in [1.82, 2.24) is 18.3 Å². The second-order valence-corrected chi connectivity index (χ2v) is 19.9. The van der Waals surface area contributed by atoms with Crippen LogP contribution in [-0.2, 0) is 6.18 Å². The van der Waals surface area contributed by atoms with Crippen LogP contribution in [-0.4, -0.2) is 18.3 Å². The second-order valence-electron chi connectivity index (χ2n) is 19.9. The summed E-state index contributed by atoms with van der Waals surface area (Å²) in [5, 5.41) is 19.5. The Kier molecular flexibility index (Phi) is 9.63. The summed E-state index contributed by atoms with van der Waals surface area (Å²) in [7, 11) is 0. The van der Waals surface area contributed by atoms with Crippen molar-refractivity contribution in [2.75, 3.05) is 0 Å². The minimum atomic E-state index is -4.62. The number of nitrogens with zero attached hydrogens (tertiary/aromatic N) is 5. The van der Waals surface area contributed by atoms with Crippen molar-refractivity contribution in [2.45, 2.75) is 13.1 Å². The van der Waals surface area contributed by atoms with Crippen LogP contribution in [0.5, 0.6) is 0 Å². The van der Waals surface area contributed by atoms with Gasteiger partial charge in [-0.05, 0) is 133 Å². The Balaban J connectivity index is 1.01. The summed E-state index contributed by atoms with van der Waals surface area (Å²) in [5.41, 5.74) is 13.7. The Bertz CT molecular complexity index is 4910. The number of aryl methyl sites for hydroxylation is 1. The number of para-hydroxylation sites is 6. The fourth-order valence-electron chi connectivity index (χ4n) is 12.5. The number of fused-ring (bicyclic) bond motifs is 12. The topological polar surface area (TPSA) is 43.5 Å². The standard InChI is InChI=1S/C69H42F3N5/c1-42-15-14-22-57(69(70,71)72)68(42)44-30-34-65(77-63-28-13-7-21-52(63)56-40-46(32-36-67(56)77)75-60-25-10-4-18-49(60)50-19-5-11-26-61(50)75)54(38-44)53-37-43(41-73)29-33-64(53)76-62-27-12-6-20-51(62)55-39-45(31-35-66(55)76)74-58-23-8-2-16-47(58)48-17-3-9-24-59(48)74/h2-40H,1H3. The first-order chi connectivity index (χ1) is 37.7. The van der Waals surface area contributed by atoms with Gasteiger partial charge in [0.2, 0.25) is 0 Å². The van der Waals surface area contributed by atoms with Crippen LogP contribution in [0.15, 0.2) is 237 Å². The lowest BCUT2D eigenvalue weighted by Crippen LogP contribution is -2.08. The zero-order chi connectivity index (χ0) is 51.7. The van der Waals surface area contributed by atoms with Gasteiger partial charge in [0, 0.05) is 65.6 Å². The number of rotatable bonds is 6. The van der Waals surface area contributed by atoms with Crippen LogP contribution in [0.3, 0.4) is 0 Å². The Hall–Kier alpha value is -10.1. The fraction of sp³-hybridized carbons (Fsp3) is 0.0290. The number of hydrogen-bond donors (Lipinski definition) is 0. The van der Waals surface area contributed by atoms with Crippen molar-refractivity contribution >= 4 is 87.2 Å². The molecule has 0 aliphatic rings. The summed E-state index contributed by atoms with van der Waals surface area (Å²) in [6.45, 7) is 1.73. The van der Waals surface area contributed by atoms with Crippen molar-refractivity contribution in [1.29, 1.82) is 5.26 Å². The number of halogens is 3. The minimum absolute atomic E-state index is 0.110. The van der Waals surface area contributed by atoms with E-state index in [0.29, 0.717) is 27.8 Å². The third-order valence-electron chi connectivity index (χ3n) is 15.7. The van der Waals surface area contributed by atoms with Crippen molar-refractivity contribution in [2.24, 2.45) is 0 Å². The lowest BCUT2D eigenvalue weighted by molar-refractivity contribution is -0.137. The van der Waals surface area contributed by atoms with Crippen molar-refractivity contribution in [3.05, 3.63) is 253 Å². The van der Waals surface area contributed by atoms with E-state index in [0.717, 1.165) is 94.5 Å². The highest BCUT2D eigenvalue weighted by Crippen LogP contribution is 2.46. The minimum Gasteiger partial charge on any atom is -0.309 e. The summed E-state index contributed by atoms with van der Waals surface area (Å²) in [6.07, 6.45) is -4.62. The molecular formula is C69H42F3N5. The predicted molar refractivity (Wildman–Crippen MR) is 309 cm³/mol. The summed E-state index contributed by atoms with van der Waals surface area (Å²) < 4.78 is 54.6. The van der Waals surface area contributed by atoms with E-state index in [1.54, 1.807) is 13.0 Å². The lowest BCUT2D eigenvalue weighted by atomic mass is 9.90. The molecule has 0 amide bonds. The Labute approximate surface area is 439 Å². The molecule has 77 heavy (non-hydrogen) atoms. The van der Waals surface area contributed by atoms with Gasteiger partial charge in [0.25, 0.3) is 0 Å². The Morgan fingerprint density at radius 3 is 1.16 bits per heavy atom. The molecule has 364 valence electrons. The SMILES string of the molecule is Cc1cccc(C(F)(F)F)c1-c1ccc(-n2c3ccccc3c3cc(-n4c5ccccc5c5ccccc54)ccc32)c(-c2cc(C#N)ccc2-n2c3ccccc3c3cc(-n4c5ccccc5c5ccccc54)ccc32)c1. The van der Waals surface area contributed by atoms with Crippen LogP contribution < -0.4 is 0 Å². The first kappa shape index (κ1) is 44.4. The van der Waals surface area contributed by atoms with E-state index in [4.69, 9.17) is 0 Å². The van der Waals surface area contributed by atoms with Gasteiger partial charge in [-0.25, -0.2) is 0 Å². The molecule has 15 aromatic rings. The van der Waals surface area contributed by atoms with Gasteiger partial charge in [0.05, 0.1) is 72.7 Å². The highest BCUT2D eigenvalue weighted by molar-refractivity contribution is 6.15. The molecule has 0 atom stereocenters. The van der Waals surface area contributed by atoms with Crippen LogP contribution in [0, 0.1) is 18.3 Å². The maximum Gasteiger partial charge on any atom is 0.417 e. The molecule has 0 saturated carbocycles. The van der Waals surface area contributed by atoms with Crippen molar-refractivity contribution < 1.29 is 13.2 Å². The zero-order valence-corrected chi connectivity index (χ0v) is 41.4. The maximum absolute atomic E-state index is 15.2. The highest BCUT2D eigenvalue weighted by atomic mass is 19.4. The molecule has 0 saturated heterocycles. The van der Waals surface area contributed by atoms with Crippen LogP contribution in [0.1, 0.15) is 16.7 Å². The normalized spacial score (nSPS) is 12.1. The molecule has 0 radical (unpaired) electrons. The van der Waals surface area contributed by atoms with Gasteiger partial charge in [-0.1, -0.05) is 127 Å². The van der Waals surface area contributed by atoms with E-state index in [2.05, 4.69) is 188 Å². The molecule has 5 nitrogen and oxygen atoms in total. The molecule has 0 unspecified atom stereocenters. The number of nitriles is 1. The summed E-state index contributed by atoms with van der Waals surface area (Å²) in [4.78, 5) is 0. The summed E-state index contributed by atoms with van der Waals surface area (Å²) in [5.74, 6) is 0. The molecule has 0 N–H and O–H groups in total. The number of hydrogen-bond acceptors (Lipinski definition) is 1. The number of alkyl halides is 3. The van der Waals surface area contributed by atoms with Gasteiger partial charge in [-0.3, -0.25) is 0 Å². The maximum atomic E-state index is 15.2. The average molecular weight is 998 g/mol. The quantitative estimate of drug-likeness (QED) is 0.164. The Morgan fingerprint density at radius 1 is 0.351 bits per heavy atom. The fourth-order valence-corrected chi connectivity index (χ4v) is 12.5. The third kappa shape index (κ3) is 6.60. The van der Waals surface area contributed by atoms with E-state index in [1.807, 2.05) is 54.6 Å². The van der Waals surface area contributed by atoms with Gasteiger partial charge >= 0.3 is 6.18 Å². The third-order valence-corrected chi connectivity index (χ3v) is 15.7. The van der Waals surface area contributed by atoms with Crippen LogP contribution in [0.2, 0.25) is 0 Å². The second kappa shape index (κ2) is 16.7. The van der Waals surface area contributed by atoms with Gasteiger partial charge in [-0.15, -0.1) is 0 Å². The summed E-state index contributed by atoms with van der Waals surface area (Å²) in [6, 6.07) is 81.8. The van der Waals surface area contributed by atoms with E-state index in [-0.39, 0.29) is 5.56 Å². The molecule has 4 aromatic heterocycles. The van der Waals surface area contributed by atoms with Gasteiger partial charge in [0.15, 0.2) is 0 Å². The molecule has 15 rings (SSSR count). The zero-order valence-electron chi connectivity index (χ0n) is 41.4. The predicted octanol–water partition coefficient (Wildman–Crippen LogP) is 18.6. The van der Waals surface area contributed by atoms with E-state index >= 15 is 13.2 Å². The van der Waals surface area contributed by atoms with Crippen molar-refractivity contribution in [3.63, 3.8) is 0 Å². The smallest absolute Gasteiger partial charge is 0.309 e. The Morgan fingerprint density at radius 2 is 0.727 bits per heavy atom. The van der Waals surface area contributed by atoms with Gasteiger partial charge in [0.1, 0.15) is 0 Å². The molecule has 0 bridgehead atoms. The first-order valence-electron chi connectivity index (χ1n) is 25.6. The van der Waals surface area contributed by atoms with E-state index in [9.17, 15) is 5.26 Å². The monoisotopic (exact) mass is 997 g/mol. The van der Waals surface area contributed by atoms with Crippen LogP contribution >= 0.6 is 0 Å². The first-order valence-corrected chi connectivity index (χ1v) is 25.6. The number of aromatic nitrogens is 4. The molecule has 0 fully saturated rings.